The van der Waals surface area contributed by atoms with Crippen LogP contribution in [0, 0.1) is 19.8 Å². The summed E-state index contributed by atoms with van der Waals surface area (Å²) in [6.07, 6.45) is 4.73. The van der Waals surface area contributed by atoms with E-state index in [2.05, 4.69) is 40.7 Å². The summed E-state index contributed by atoms with van der Waals surface area (Å²) in [6, 6.07) is 2.35. The van der Waals surface area contributed by atoms with Crippen molar-refractivity contribution in [1.29, 1.82) is 0 Å². The quantitative estimate of drug-likeness (QED) is 0.618. The van der Waals surface area contributed by atoms with Gasteiger partial charge in [0.25, 0.3) is 0 Å². The van der Waals surface area contributed by atoms with Crippen molar-refractivity contribution in [3.63, 3.8) is 0 Å². The van der Waals surface area contributed by atoms with Gasteiger partial charge in [-0.3, -0.25) is 9.59 Å². The van der Waals surface area contributed by atoms with Gasteiger partial charge in [-0.05, 0) is 79.7 Å². The molecule has 0 aromatic heterocycles. The highest BCUT2D eigenvalue weighted by molar-refractivity contribution is 5.66. The van der Waals surface area contributed by atoms with Gasteiger partial charge in [-0.15, -0.1) is 0 Å². The average molecular weight is 389 g/mol. The van der Waals surface area contributed by atoms with E-state index in [9.17, 15) is 9.59 Å². The topological polar surface area (TPSA) is 52.6 Å². The SMILES string of the molecule is CC(=O)OCC[C@@H](C)CCc1cc2c(c(C)c1C)CC[C@H](OC(C)=O)C2(C)C. The molecule has 1 aliphatic rings. The Morgan fingerprint density at radius 1 is 1.14 bits per heavy atom. The predicted octanol–water partition coefficient (Wildman–Crippen LogP) is 4.98. The first-order valence-corrected chi connectivity index (χ1v) is 10.5. The van der Waals surface area contributed by atoms with E-state index in [1.807, 2.05) is 0 Å². The number of carbonyl (C=O) groups is 2. The Bertz CT molecular complexity index is 733. The standard InChI is InChI=1S/C24H36O4/c1-15(12-13-27-18(4)25)8-9-20-14-22-21(17(3)16(20)2)10-11-23(24(22,6)7)28-19(5)26/h14-15,23H,8-13H2,1-7H3/t15-,23-/m0/s1. The van der Waals surface area contributed by atoms with Crippen LogP contribution in [0.15, 0.2) is 6.07 Å². The van der Waals surface area contributed by atoms with Crippen LogP contribution in [0.2, 0.25) is 0 Å². The van der Waals surface area contributed by atoms with E-state index in [1.165, 1.54) is 41.7 Å². The van der Waals surface area contributed by atoms with Crippen molar-refractivity contribution in [2.45, 2.75) is 92.1 Å². The summed E-state index contributed by atoms with van der Waals surface area (Å²) in [5.41, 5.74) is 6.72. The first kappa shape index (κ1) is 22.4. The molecule has 1 aliphatic carbocycles. The molecular weight excluding hydrogens is 352 g/mol. The van der Waals surface area contributed by atoms with Crippen LogP contribution in [0.5, 0.6) is 0 Å². The molecule has 0 spiro atoms. The Morgan fingerprint density at radius 3 is 2.43 bits per heavy atom. The number of hydrogen-bond donors (Lipinski definition) is 0. The minimum absolute atomic E-state index is 0.0740. The molecule has 2 atom stereocenters. The molecule has 1 aromatic carbocycles. The van der Waals surface area contributed by atoms with Crippen LogP contribution < -0.4 is 0 Å². The van der Waals surface area contributed by atoms with Gasteiger partial charge in [0.2, 0.25) is 0 Å². The van der Waals surface area contributed by atoms with Gasteiger partial charge in [-0.2, -0.15) is 0 Å². The summed E-state index contributed by atoms with van der Waals surface area (Å²) in [4.78, 5) is 22.5. The first-order valence-electron chi connectivity index (χ1n) is 10.5. The van der Waals surface area contributed by atoms with Gasteiger partial charge in [0, 0.05) is 19.3 Å². The lowest BCUT2D eigenvalue weighted by molar-refractivity contribution is -0.150. The molecule has 0 heterocycles. The van der Waals surface area contributed by atoms with E-state index in [0.29, 0.717) is 12.5 Å². The number of carbonyl (C=O) groups excluding carboxylic acids is 2. The molecule has 0 saturated carbocycles. The third-order valence-electron chi connectivity index (χ3n) is 6.43. The van der Waals surface area contributed by atoms with Gasteiger partial charge in [0.05, 0.1) is 6.61 Å². The number of rotatable bonds is 7. The molecule has 0 amide bonds. The molecule has 0 N–H and O–H groups in total. The van der Waals surface area contributed by atoms with E-state index in [-0.39, 0.29) is 23.5 Å². The molecule has 0 bridgehead atoms. The van der Waals surface area contributed by atoms with E-state index in [1.54, 1.807) is 0 Å². The molecule has 0 aliphatic heterocycles. The van der Waals surface area contributed by atoms with Crippen LogP contribution in [0.1, 0.15) is 81.7 Å². The lowest BCUT2D eigenvalue weighted by Gasteiger charge is -2.41. The molecule has 0 saturated heterocycles. The van der Waals surface area contributed by atoms with Crippen LogP contribution in [0.3, 0.4) is 0 Å². The van der Waals surface area contributed by atoms with Crippen molar-refractivity contribution in [2.75, 3.05) is 6.61 Å². The van der Waals surface area contributed by atoms with Crippen molar-refractivity contribution in [3.05, 3.63) is 33.9 Å². The zero-order valence-corrected chi connectivity index (χ0v) is 18.6. The van der Waals surface area contributed by atoms with Crippen molar-refractivity contribution in [2.24, 2.45) is 5.92 Å². The van der Waals surface area contributed by atoms with E-state index in [0.717, 1.165) is 32.1 Å². The third kappa shape index (κ3) is 5.15. The number of fused-ring (bicyclic) bond motifs is 1. The van der Waals surface area contributed by atoms with Gasteiger partial charge >= 0.3 is 11.9 Å². The summed E-state index contributed by atoms with van der Waals surface area (Å²) in [7, 11) is 0. The number of ether oxygens (including phenoxy) is 2. The highest BCUT2D eigenvalue weighted by Crippen LogP contribution is 2.42. The Balaban J connectivity index is 2.18. The summed E-state index contributed by atoms with van der Waals surface area (Å²) in [5.74, 6) is 0.0852. The lowest BCUT2D eigenvalue weighted by Crippen LogP contribution is -2.42. The third-order valence-corrected chi connectivity index (χ3v) is 6.43. The van der Waals surface area contributed by atoms with E-state index < -0.39 is 0 Å². The minimum atomic E-state index is -0.210. The van der Waals surface area contributed by atoms with E-state index >= 15 is 0 Å². The molecule has 4 heteroatoms. The summed E-state index contributed by atoms with van der Waals surface area (Å²) in [6.45, 7) is 14.5. The fourth-order valence-electron chi connectivity index (χ4n) is 4.36. The fraction of sp³-hybridized carbons (Fsp3) is 0.667. The van der Waals surface area contributed by atoms with Crippen molar-refractivity contribution in [1.82, 2.24) is 0 Å². The normalized spacial score (nSPS) is 18.9. The molecule has 1 aromatic rings. The van der Waals surface area contributed by atoms with Crippen LogP contribution in [0.4, 0.5) is 0 Å². The monoisotopic (exact) mass is 388 g/mol. The van der Waals surface area contributed by atoms with Crippen LogP contribution in [0.25, 0.3) is 0 Å². The zero-order valence-electron chi connectivity index (χ0n) is 18.6. The van der Waals surface area contributed by atoms with Crippen LogP contribution >= 0.6 is 0 Å². The number of esters is 2. The second-order valence-electron chi connectivity index (χ2n) is 8.94. The first-order chi connectivity index (χ1) is 13.0. The van der Waals surface area contributed by atoms with Gasteiger partial charge < -0.3 is 9.47 Å². The van der Waals surface area contributed by atoms with Gasteiger partial charge in [-0.1, -0.05) is 26.8 Å². The highest BCUT2D eigenvalue weighted by atomic mass is 16.5. The largest absolute Gasteiger partial charge is 0.466 e. The van der Waals surface area contributed by atoms with E-state index in [4.69, 9.17) is 9.47 Å². The Kier molecular flexibility index (Phi) is 7.30. The minimum Gasteiger partial charge on any atom is -0.466 e. The van der Waals surface area contributed by atoms with Crippen molar-refractivity contribution >= 4 is 11.9 Å². The summed E-state index contributed by atoms with van der Waals surface area (Å²) >= 11 is 0. The summed E-state index contributed by atoms with van der Waals surface area (Å²) < 4.78 is 10.7. The number of aryl methyl sites for hydroxylation is 1. The van der Waals surface area contributed by atoms with Crippen molar-refractivity contribution in [3.8, 4) is 0 Å². The molecule has 2 rings (SSSR count). The molecule has 0 fully saturated rings. The molecular formula is C24H36O4. The molecule has 4 nitrogen and oxygen atoms in total. The van der Waals surface area contributed by atoms with Gasteiger partial charge in [-0.25, -0.2) is 0 Å². The second kappa shape index (κ2) is 9.11. The average Bonchev–Trinajstić information content (AvgIpc) is 2.59. The van der Waals surface area contributed by atoms with Gasteiger partial charge in [0.1, 0.15) is 6.10 Å². The van der Waals surface area contributed by atoms with Crippen LogP contribution in [-0.4, -0.2) is 24.6 Å². The molecule has 28 heavy (non-hydrogen) atoms. The van der Waals surface area contributed by atoms with Crippen LogP contribution in [-0.2, 0) is 37.3 Å². The van der Waals surface area contributed by atoms with Gasteiger partial charge in [0.15, 0.2) is 0 Å². The zero-order chi connectivity index (χ0) is 21.1. The predicted molar refractivity (Wildman–Crippen MR) is 112 cm³/mol. The van der Waals surface area contributed by atoms with Crippen molar-refractivity contribution < 1.29 is 19.1 Å². The smallest absolute Gasteiger partial charge is 0.302 e. The Labute approximate surface area is 170 Å². The maximum atomic E-state index is 11.6. The lowest BCUT2D eigenvalue weighted by atomic mass is 9.68. The highest BCUT2D eigenvalue weighted by Gasteiger charge is 2.39. The maximum Gasteiger partial charge on any atom is 0.302 e. The fourth-order valence-corrected chi connectivity index (χ4v) is 4.36. The summed E-state index contributed by atoms with van der Waals surface area (Å²) in [5, 5.41) is 0. The molecule has 0 unspecified atom stereocenters. The number of hydrogen-bond acceptors (Lipinski definition) is 4. The Morgan fingerprint density at radius 2 is 1.82 bits per heavy atom. The Hall–Kier alpha value is -1.84. The second-order valence-corrected chi connectivity index (χ2v) is 8.94. The molecule has 0 radical (unpaired) electrons. The maximum absolute atomic E-state index is 11.6. The number of benzene rings is 1. The molecule has 156 valence electrons.